The maximum absolute atomic E-state index is 18.3. The van der Waals surface area contributed by atoms with Gasteiger partial charge in [-0.2, -0.15) is 9.97 Å². The summed E-state index contributed by atoms with van der Waals surface area (Å²) in [4.78, 5) is 33.6. The van der Waals surface area contributed by atoms with E-state index in [0.717, 1.165) is 17.5 Å². The molecule has 376 valence electrons. The van der Waals surface area contributed by atoms with Crippen molar-refractivity contribution in [2.45, 2.75) is 94.9 Å². The van der Waals surface area contributed by atoms with Crippen LogP contribution in [-0.4, -0.2) is 107 Å². The van der Waals surface area contributed by atoms with Gasteiger partial charge in [0, 0.05) is 49.7 Å². The number of pyridine rings is 1. The molecule has 4 saturated heterocycles. The molecule has 4 fully saturated rings. The van der Waals surface area contributed by atoms with Crippen LogP contribution in [0.25, 0.3) is 32.9 Å². The third kappa shape index (κ3) is 8.90. The number of aromatic nitrogens is 3. The van der Waals surface area contributed by atoms with Crippen molar-refractivity contribution in [1.29, 1.82) is 0 Å². The molecule has 12 nitrogen and oxygen atoms in total. The van der Waals surface area contributed by atoms with E-state index in [1.54, 1.807) is 41.1 Å². The highest BCUT2D eigenvalue weighted by atomic mass is 35.5. The number of methoxy groups -OCH3 is 2. The van der Waals surface area contributed by atoms with Crippen molar-refractivity contribution in [3.63, 3.8) is 0 Å². The predicted octanol–water partition coefficient (Wildman–Crippen LogP) is 11.1. The molecule has 4 atom stereocenters. The molecule has 4 aliphatic heterocycles. The van der Waals surface area contributed by atoms with Crippen LogP contribution in [0.5, 0.6) is 17.5 Å². The molecule has 4 aromatic carbocycles. The maximum Gasteiger partial charge on any atom is 0.415 e. The summed E-state index contributed by atoms with van der Waals surface area (Å²) in [5, 5.41) is 0.247. The number of halogens is 6. The van der Waals surface area contributed by atoms with Crippen molar-refractivity contribution in [1.82, 2.24) is 24.8 Å². The third-order valence-corrected chi connectivity index (χ3v) is 14.5. The lowest BCUT2D eigenvalue weighted by Crippen LogP contribution is -2.66. The van der Waals surface area contributed by atoms with Crippen LogP contribution in [0, 0.1) is 24.0 Å². The second-order valence-electron chi connectivity index (χ2n) is 20.2. The zero-order valence-electron chi connectivity index (χ0n) is 40.5. The molecule has 6 heterocycles. The number of hydrogen-bond donors (Lipinski definition) is 0. The summed E-state index contributed by atoms with van der Waals surface area (Å²) in [6.45, 7) is 5.10. The first-order valence-corrected chi connectivity index (χ1v) is 24.2. The summed E-state index contributed by atoms with van der Waals surface area (Å²) in [5.74, 6) is -2.94. The van der Waals surface area contributed by atoms with Crippen LogP contribution >= 0.6 is 11.6 Å². The minimum Gasteiger partial charge on any atom is -0.497 e. The van der Waals surface area contributed by atoms with Crippen molar-refractivity contribution in [2.75, 3.05) is 56.8 Å². The number of ether oxygens (including phenoxy) is 4. The number of rotatable bonds is 12. The standard InChI is InChI=1S/C54H53ClF5N7O5/c1-7-38-41(57)18-13-34-23-42(64(26-32-9-14-36(69-5)15-10-32)27-33-11-16-37(70-6)17-12-33)61-47(43(34)38)44-40(55)24-39-46(45(44)58)62-49(71-31-52-19-8-22-66(52)28-35(56)25-52)63-48(39)65-29-53(59)20-21-54(60,30-65)67(53)50(68)72-51(2,3)4/h1,9-18,23-24,35H,8,19-22,25-31H2,2-6H3/t35-,52+,53?,54?/m1/s1. The molecule has 72 heavy (non-hydrogen) atoms. The first-order chi connectivity index (χ1) is 34.3. The number of piperazine rings is 1. The number of alkyl halides is 3. The van der Waals surface area contributed by atoms with Crippen LogP contribution in [0.15, 0.2) is 72.8 Å². The fourth-order valence-electron chi connectivity index (χ4n) is 10.9. The van der Waals surface area contributed by atoms with Crippen molar-refractivity contribution in [3.8, 4) is 41.1 Å². The summed E-state index contributed by atoms with van der Waals surface area (Å²) < 4.78 is 106. The van der Waals surface area contributed by atoms with Gasteiger partial charge in [0.2, 0.25) is 11.6 Å². The number of terminal acetylenes is 1. The highest BCUT2D eigenvalue weighted by Gasteiger charge is 2.65. The van der Waals surface area contributed by atoms with Gasteiger partial charge in [-0.3, -0.25) is 4.90 Å². The van der Waals surface area contributed by atoms with Gasteiger partial charge < -0.3 is 28.7 Å². The number of fused-ring (bicyclic) bond motifs is 5. The second kappa shape index (κ2) is 18.4. The van der Waals surface area contributed by atoms with Gasteiger partial charge in [0.25, 0.3) is 0 Å². The van der Waals surface area contributed by atoms with Crippen molar-refractivity contribution < 1.29 is 45.7 Å². The van der Waals surface area contributed by atoms with Crippen molar-refractivity contribution >= 4 is 51.0 Å². The quantitative estimate of drug-likeness (QED) is 0.0665. The van der Waals surface area contributed by atoms with Gasteiger partial charge in [-0.25, -0.2) is 36.6 Å². The van der Waals surface area contributed by atoms with Crippen LogP contribution < -0.4 is 24.0 Å². The number of amides is 1. The van der Waals surface area contributed by atoms with Crippen LogP contribution in [0.1, 0.15) is 69.6 Å². The summed E-state index contributed by atoms with van der Waals surface area (Å²) in [6, 6.07) is 20.5. The number of carbonyl (C=O) groups excluding carboxylic acids is 1. The molecular formula is C54H53ClF5N7O5. The van der Waals surface area contributed by atoms with Gasteiger partial charge in [0.15, 0.2) is 5.82 Å². The highest BCUT2D eigenvalue weighted by Crippen LogP contribution is 2.51. The Morgan fingerprint density at radius 3 is 2.14 bits per heavy atom. The van der Waals surface area contributed by atoms with E-state index in [9.17, 15) is 9.18 Å². The summed E-state index contributed by atoms with van der Waals surface area (Å²) in [5.41, 5.74) is -0.904. The number of carbonyl (C=O) groups is 1. The molecule has 2 aromatic heterocycles. The Labute approximate surface area is 419 Å². The SMILES string of the molecule is C#Cc1c(F)ccc2cc(N(Cc3ccc(OC)cc3)Cc3ccc(OC)cc3)nc(-c3c(Cl)cc4c(N5CC6(F)CCC(F)(C5)N6C(=O)OC(C)(C)C)nc(OC[C@@]56CCCN5C[C@H](F)C6)nc4c3F)c12. The summed E-state index contributed by atoms with van der Waals surface area (Å²) in [6.07, 6.45) is 4.71. The minimum atomic E-state index is -2.57. The third-order valence-electron chi connectivity index (χ3n) is 14.2. The van der Waals surface area contributed by atoms with Crippen molar-refractivity contribution in [3.05, 3.63) is 106 Å². The molecule has 18 heteroatoms. The molecule has 0 aliphatic carbocycles. The van der Waals surface area contributed by atoms with E-state index >= 15 is 17.6 Å². The minimum absolute atomic E-state index is 0.0410. The van der Waals surface area contributed by atoms with Crippen LogP contribution in [0.3, 0.4) is 0 Å². The van der Waals surface area contributed by atoms with Gasteiger partial charge in [0.05, 0.1) is 54.7 Å². The average Bonchev–Trinajstić information content (AvgIpc) is 3.93. The first kappa shape index (κ1) is 49.0. The Kier molecular flexibility index (Phi) is 12.5. The van der Waals surface area contributed by atoms with E-state index in [2.05, 4.69) is 15.9 Å². The molecule has 0 N–H and O–H groups in total. The first-order valence-electron chi connectivity index (χ1n) is 23.8. The predicted molar refractivity (Wildman–Crippen MR) is 265 cm³/mol. The number of hydrogen-bond acceptors (Lipinski definition) is 11. The average molecular weight is 1010 g/mol. The Balaban J connectivity index is 1.14. The molecule has 10 rings (SSSR count). The van der Waals surface area contributed by atoms with E-state index in [0.29, 0.717) is 53.7 Å². The van der Waals surface area contributed by atoms with Gasteiger partial charge in [-0.1, -0.05) is 47.9 Å². The highest BCUT2D eigenvalue weighted by molar-refractivity contribution is 6.35. The molecule has 0 radical (unpaired) electrons. The molecular weight excluding hydrogens is 957 g/mol. The van der Waals surface area contributed by atoms with E-state index < -0.39 is 59.7 Å². The normalized spacial score (nSPS) is 22.8. The topological polar surface area (TPSA) is 106 Å². The van der Waals surface area contributed by atoms with Gasteiger partial charge in [-0.15, -0.1) is 6.42 Å². The lowest BCUT2D eigenvalue weighted by Gasteiger charge is -2.47. The molecule has 6 aromatic rings. The fraction of sp³-hybridized carbons (Fsp3) is 0.407. The van der Waals surface area contributed by atoms with E-state index in [-0.39, 0.29) is 82.4 Å². The Morgan fingerprint density at radius 1 is 0.903 bits per heavy atom. The zero-order valence-corrected chi connectivity index (χ0v) is 41.3. The Bertz CT molecular complexity index is 3070. The zero-order chi connectivity index (χ0) is 50.9. The fourth-order valence-corrected chi connectivity index (χ4v) is 11.2. The van der Waals surface area contributed by atoms with Crippen LogP contribution in [-0.2, 0) is 17.8 Å². The van der Waals surface area contributed by atoms with Gasteiger partial charge in [-0.05, 0) is 99.1 Å². The second-order valence-corrected chi connectivity index (χ2v) is 20.6. The number of anilines is 2. The lowest BCUT2D eigenvalue weighted by atomic mass is 9.95. The summed E-state index contributed by atoms with van der Waals surface area (Å²) >= 11 is 7.22. The largest absolute Gasteiger partial charge is 0.497 e. The molecule has 0 saturated carbocycles. The van der Waals surface area contributed by atoms with Gasteiger partial charge >= 0.3 is 12.1 Å². The van der Waals surface area contributed by atoms with Crippen LogP contribution in [0.2, 0.25) is 5.02 Å². The monoisotopic (exact) mass is 1010 g/mol. The summed E-state index contributed by atoms with van der Waals surface area (Å²) in [7, 11) is 3.16. The smallest absolute Gasteiger partial charge is 0.415 e. The molecule has 0 spiro atoms. The molecule has 4 aliphatic rings. The Morgan fingerprint density at radius 2 is 1.54 bits per heavy atom. The van der Waals surface area contributed by atoms with E-state index in [1.807, 2.05) is 58.3 Å². The lowest BCUT2D eigenvalue weighted by molar-refractivity contribution is -0.115. The number of nitrogens with zero attached hydrogens (tertiary/aromatic N) is 7. The number of benzene rings is 4. The Hall–Kier alpha value is -6.64. The molecule has 1 amide bonds. The molecule has 2 unspecified atom stereocenters. The van der Waals surface area contributed by atoms with E-state index in [1.165, 1.54) is 23.1 Å². The van der Waals surface area contributed by atoms with Gasteiger partial charge in [0.1, 0.15) is 52.8 Å². The maximum atomic E-state index is 18.3. The van der Waals surface area contributed by atoms with E-state index in [4.69, 9.17) is 42.0 Å². The molecule has 2 bridgehead atoms. The van der Waals surface area contributed by atoms with Crippen molar-refractivity contribution in [2.24, 2.45) is 0 Å². The van der Waals surface area contributed by atoms with Crippen LogP contribution in [0.4, 0.5) is 38.4 Å².